The van der Waals surface area contributed by atoms with E-state index in [2.05, 4.69) is 16.7 Å². The van der Waals surface area contributed by atoms with Crippen LogP contribution in [0, 0.1) is 12.8 Å². The van der Waals surface area contributed by atoms with Crippen molar-refractivity contribution >= 4 is 56.5 Å². The van der Waals surface area contributed by atoms with E-state index in [0.29, 0.717) is 34.8 Å². The van der Waals surface area contributed by atoms with Crippen LogP contribution >= 0.6 is 34.5 Å². The van der Waals surface area contributed by atoms with Crippen molar-refractivity contribution in [3.8, 4) is 10.6 Å². The third-order valence-electron chi connectivity index (χ3n) is 7.83. The number of thiazole rings is 1. The van der Waals surface area contributed by atoms with Gasteiger partial charge in [0, 0.05) is 22.5 Å². The van der Waals surface area contributed by atoms with E-state index >= 15 is 0 Å². The summed E-state index contributed by atoms with van der Waals surface area (Å²) in [6, 6.07) is 13.4. The lowest BCUT2D eigenvalue weighted by molar-refractivity contribution is -0.166. The zero-order chi connectivity index (χ0) is 27.2. The Hall–Kier alpha value is -2.53. The maximum atomic E-state index is 10.9. The first kappa shape index (κ1) is 25.4. The molecule has 7 rings (SSSR count). The van der Waals surface area contributed by atoms with Gasteiger partial charge in [0.25, 0.3) is 0 Å². The predicted octanol–water partition coefficient (Wildman–Crippen LogP) is 6.40. The van der Waals surface area contributed by atoms with E-state index in [1.807, 2.05) is 51.1 Å². The first-order chi connectivity index (χ1) is 18.6. The summed E-state index contributed by atoms with van der Waals surface area (Å²) in [5.74, 6) is 0.179. The van der Waals surface area contributed by atoms with Crippen LogP contribution in [0.15, 0.2) is 42.5 Å². The summed E-state index contributed by atoms with van der Waals surface area (Å²) in [7, 11) is 0. The Morgan fingerprint density at radius 1 is 1.08 bits per heavy atom. The molecule has 0 radical (unpaired) electrons. The molecule has 3 N–H and O–H groups in total. The monoisotopic (exact) mass is 583 g/mol. The van der Waals surface area contributed by atoms with Crippen molar-refractivity contribution in [3.05, 3.63) is 63.8 Å². The number of para-hydroxylation sites is 1. The molecule has 3 heterocycles. The standard InChI is InChI=1S/C28H27Cl2N5O3S/c1-14-21(24-33-19-6-4-5-7-20(19)39-24)23(34-25(32-14)31-13-15-10-16(29)12-17(30)11-15)35-27-9-8-18-22(36)28(18,27)38-26(2,3)37-27/h4-7,10-12,18,22,36H,8-9,13H2,1-3H3,(H2,31,32,34,35). The molecular formula is C28H27Cl2N5O3S. The Labute approximate surface area is 239 Å². The number of halogens is 2. The number of aromatic nitrogens is 3. The highest BCUT2D eigenvalue weighted by molar-refractivity contribution is 7.21. The van der Waals surface area contributed by atoms with Gasteiger partial charge in [0.1, 0.15) is 10.8 Å². The minimum absolute atomic E-state index is 0.0192. The fourth-order valence-electron chi connectivity index (χ4n) is 6.32. The van der Waals surface area contributed by atoms with Crippen molar-refractivity contribution in [3.63, 3.8) is 0 Å². The molecule has 8 nitrogen and oxygen atoms in total. The smallest absolute Gasteiger partial charge is 0.225 e. The highest BCUT2D eigenvalue weighted by Crippen LogP contribution is 2.70. The molecule has 2 aliphatic carbocycles. The van der Waals surface area contributed by atoms with Crippen molar-refractivity contribution in [1.82, 2.24) is 15.0 Å². The average Bonchev–Trinajstić information content (AvgIpc) is 3.16. The molecular weight excluding hydrogens is 557 g/mol. The highest BCUT2D eigenvalue weighted by Gasteiger charge is 2.85. The van der Waals surface area contributed by atoms with Gasteiger partial charge < -0.3 is 25.2 Å². The molecule has 0 bridgehead atoms. The molecule has 1 spiro atoms. The van der Waals surface area contributed by atoms with Gasteiger partial charge in [0.15, 0.2) is 17.1 Å². The Balaban J connectivity index is 1.31. The summed E-state index contributed by atoms with van der Waals surface area (Å²) in [4.78, 5) is 14.6. The van der Waals surface area contributed by atoms with Gasteiger partial charge in [-0.1, -0.05) is 35.3 Å². The summed E-state index contributed by atoms with van der Waals surface area (Å²) < 4.78 is 14.0. The van der Waals surface area contributed by atoms with E-state index in [-0.39, 0.29) is 5.92 Å². The second-order valence-electron chi connectivity index (χ2n) is 10.9. The van der Waals surface area contributed by atoms with Gasteiger partial charge >= 0.3 is 0 Å². The molecule has 4 aromatic rings. The van der Waals surface area contributed by atoms with Gasteiger partial charge in [-0.3, -0.25) is 0 Å². The molecule has 4 unspecified atom stereocenters. The van der Waals surface area contributed by atoms with E-state index in [1.54, 1.807) is 17.4 Å². The molecule has 1 aliphatic heterocycles. The Bertz CT molecular complexity index is 1580. The van der Waals surface area contributed by atoms with Crippen LogP contribution in [0.2, 0.25) is 10.0 Å². The van der Waals surface area contributed by atoms with Crippen molar-refractivity contribution in [2.45, 2.75) is 63.4 Å². The number of rotatable bonds is 6. The number of nitrogens with zero attached hydrogens (tertiary/aromatic N) is 3. The van der Waals surface area contributed by atoms with Gasteiger partial charge in [-0.05, 0) is 69.5 Å². The fraction of sp³-hybridized carbons (Fsp3) is 0.393. The minimum Gasteiger partial charge on any atom is -0.389 e. The van der Waals surface area contributed by atoms with E-state index in [4.69, 9.17) is 47.6 Å². The fourth-order valence-corrected chi connectivity index (χ4v) is 7.96. The lowest BCUT2D eigenvalue weighted by Crippen LogP contribution is -2.50. The second-order valence-corrected chi connectivity index (χ2v) is 12.8. The number of fused-ring (bicyclic) bond motifs is 1. The number of benzene rings is 2. The van der Waals surface area contributed by atoms with Gasteiger partial charge in [-0.2, -0.15) is 4.98 Å². The van der Waals surface area contributed by atoms with Crippen LogP contribution in [-0.2, 0) is 16.0 Å². The zero-order valence-corrected chi connectivity index (χ0v) is 23.9. The molecule has 3 fully saturated rings. The Morgan fingerprint density at radius 2 is 1.85 bits per heavy atom. The van der Waals surface area contributed by atoms with Crippen LogP contribution in [0.25, 0.3) is 20.8 Å². The van der Waals surface area contributed by atoms with Crippen LogP contribution in [0.1, 0.15) is 37.9 Å². The topological polar surface area (TPSA) is 101 Å². The number of nitrogens with one attached hydrogen (secondary N) is 2. The number of aryl methyl sites for hydroxylation is 1. The summed E-state index contributed by atoms with van der Waals surface area (Å²) in [6.45, 7) is 6.15. The van der Waals surface area contributed by atoms with Crippen LogP contribution in [0.3, 0.4) is 0 Å². The van der Waals surface area contributed by atoms with Crippen molar-refractivity contribution in [2.24, 2.45) is 5.92 Å². The summed E-state index contributed by atoms with van der Waals surface area (Å²) in [5, 5.41) is 19.8. The van der Waals surface area contributed by atoms with E-state index in [0.717, 1.165) is 38.5 Å². The lowest BCUT2D eigenvalue weighted by atomic mass is 10.0. The van der Waals surface area contributed by atoms with E-state index < -0.39 is 23.2 Å². The quantitative estimate of drug-likeness (QED) is 0.240. The zero-order valence-electron chi connectivity index (χ0n) is 21.6. The van der Waals surface area contributed by atoms with Crippen molar-refractivity contribution in [2.75, 3.05) is 10.6 Å². The Kier molecular flexibility index (Phi) is 5.70. The van der Waals surface area contributed by atoms with Gasteiger partial charge in [0.05, 0.1) is 27.6 Å². The van der Waals surface area contributed by atoms with E-state index in [1.165, 1.54) is 0 Å². The molecule has 2 aromatic heterocycles. The molecule has 39 heavy (non-hydrogen) atoms. The lowest BCUT2D eigenvalue weighted by Gasteiger charge is -2.33. The molecule has 0 amide bonds. The molecule has 1 saturated heterocycles. The van der Waals surface area contributed by atoms with Crippen molar-refractivity contribution in [1.29, 1.82) is 0 Å². The Morgan fingerprint density at radius 3 is 2.59 bits per heavy atom. The second kappa shape index (κ2) is 8.73. The number of aliphatic hydroxyl groups excluding tert-OH is 1. The average molecular weight is 585 g/mol. The normalized spacial score (nSPS) is 28.4. The molecule has 4 atom stereocenters. The summed E-state index contributed by atoms with van der Waals surface area (Å²) in [5.41, 5.74) is 1.63. The van der Waals surface area contributed by atoms with Crippen molar-refractivity contribution < 1.29 is 14.6 Å². The summed E-state index contributed by atoms with van der Waals surface area (Å²) >= 11 is 14.0. The number of anilines is 2. The molecule has 2 aromatic carbocycles. The van der Waals surface area contributed by atoms with Crippen LogP contribution < -0.4 is 10.6 Å². The molecule has 2 saturated carbocycles. The van der Waals surface area contributed by atoms with Gasteiger partial charge in [-0.15, -0.1) is 11.3 Å². The third-order valence-corrected chi connectivity index (χ3v) is 9.32. The van der Waals surface area contributed by atoms with Crippen LogP contribution in [0.4, 0.5) is 11.8 Å². The molecule has 3 aliphatic rings. The minimum atomic E-state index is -0.926. The number of ether oxygens (including phenoxy) is 2. The summed E-state index contributed by atoms with van der Waals surface area (Å²) in [6.07, 6.45) is 0.884. The SMILES string of the molecule is Cc1nc(NCc2cc(Cl)cc(Cl)c2)nc(NC23CCC4C(O)C42OC(C)(C)O3)c1-c1nc2ccccc2s1. The van der Waals surface area contributed by atoms with Gasteiger partial charge in [-0.25, -0.2) is 9.97 Å². The van der Waals surface area contributed by atoms with Gasteiger partial charge in [0.2, 0.25) is 5.95 Å². The first-order valence-electron chi connectivity index (χ1n) is 12.9. The van der Waals surface area contributed by atoms with Crippen LogP contribution in [0.5, 0.6) is 0 Å². The van der Waals surface area contributed by atoms with E-state index in [9.17, 15) is 5.11 Å². The highest BCUT2D eigenvalue weighted by atomic mass is 35.5. The first-order valence-corrected chi connectivity index (χ1v) is 14.5. The molecule has 202 valence electrons. The molecule has 11 heteroatoms. The number of hydrogen-bond donors (Lipinski definition) is 3. The van der Waals surface area contributed by atoms with Crippen LogP contribution in [-0.4, -0.2) is 43.3 Å². The largest absolute Gasteiger partial charge is 0.389 e. The number of aliphatic hydroxyl groups is 1. The maximum absolute atomic E-state index is 10.9. The number of hydrogen-bond acceptors (Lipinski definition) is 9. The maximum Gasteiger partial charge on any atom is 0.225 e. The third kappa shape index (κ3) is 4.02. The predicted molar refractivity (Wildman–Crippen MR) is 153 cm³/mol.